The van der Waals surface area contributed by atoms with Crippen molar-refractivity contribution in [3.05, 3.63) is 42.1 Å². The number of aromatic nitrogens is 2. The van der Waals surface area contributed by atoms with Crippen LogP contribution in [0.25, 0.3) is 0 Å². The van der Waals surface area contributed by atoms with Crippen molar-refractivity contribution >= 4 is 23.3 Å². The average molecular weight is 397 g/mol. The van der Waals surface area contributed by atoms with Crippen molar-refractivity contribution in [3.8, 4) is 0 Å². The lowest BCUT2D eigenvalue weighted by atomic mass is 10.1. The van der Waals surface area contributed by atoms with E-state index in [4.69, 9.17) is 5.73 Å². The molecule has 2 heterocycles. The van der Waals surface area contributed by atoms with Gasteiger partial charge in [-0.3, -0.25) is 4.90 Å². The summed E-state index contributed by atoms with van der Waals surface area (Å²) in [5.74, 6) is 1.37. The van der Waals surface area contributed by atoms with Crippen LogP contribution in [0.5, 0.6) is 0 Å². The van der Waals surface area contributed by atoms with Crippen molar-refractivity contribution < 1.29 is 13.2 Å². The first-order valence-corrected chi connectivity index (χ1v) is 9.76. The van der Waals surface area contributed by atoms with E-state index in [1.165, 1.54) is 12.1 Å². The van der Waals surface area contributed by atoms with E-state index in [0.717, 1.165) is 51.0 Å². The Bertz CT molecular complexity index is 748. The topological polar surface area (TPSA) is 58.3 Å². The Morgan fingerprint density at radius 2 is 1.89 bits per heavy atom. The second-order valence-electron chi connectivity index (χ2n) is 6.34. The third-order valence-corrected chi connectivity index (χ3v) is 5.36. The van der Waals surface area contributed by atoms with Crippen LogP contribution in [0.1, 0.15) is 12.0 Å². The molecule has 0 saturated carbocycles. The lowest BCUT2D eigenvalue weighted by Crippen LogP contribution is -2.46. The van der Waals surface area contributed by atoms with E-state index in [-0.39, 0.29) is 0 Å². The molecule has 1 fully saturated rings. The first-order chi connectivity index (χ1) is 12.9. The highest BCUT2D eigenvalue weighted by Gasteiger charge is 2.31. The van der Waals surface area contributed by atoms with Crippen molar-refractivity contribution in [2.45, 2.75) is 17.8 Å². The van der Waals surface area contributed by atoms with Gasteiger partial charge in [-0.2, -0.15) is 13.2 Å². The summed E-state index contributed by atoms with van der Waals surface area (Å²) in [4.78, 5) is 12.7. The van der Waals surface area contributed by atoms with Gasteiger partial charge in [-0.25, -0.2) is 9.97 Å². The number of alkyl halides is 3. The lowest BCUT2D eigenvalue weighted by molar-refractivity contribution is -0.137. The zero-order chi connectivity index (χ0) is 19.3. The number of anilines is 2. The van der Waals surface area contributed by atoms with Crippen LogP contribution in [-0.2, 0) is 6.18 Å². The molecular formula is C18H22F3N5S. The van der Waals surface area contributed by atoms with Gasteiger partial charge in [0.05, 0.1) is 5.56 Å². The summed E-state index contributed by atoms with van der Waals surface area (Å²) in [6.45, 7) is 4.09. The van der Waals surface area contributed by atoms with Crippen LogP contribution in [0, 0.1) is 0 Å². The molecule has 0 amide bonds. The van der Waals surface area contributed by atoms with Gasteiger partial charge in [-0.05, 0) is 37.2 Å². The number of piperazine rings is 1. The molecule has 2 aromatic rings. The molecule has 0 atom stereocenters. The van der Waals surface area contributed by atoms with Crippen LogP contribution in [0.4, 0.5) is 24.7 Å². The van der Waals surface area contributed by atoms with Crippen LogP contribution in [-0.4, -0.2) is 53.3 Å². The minimum absolute atomic E-state index is 0.471. The van der Waals surface area contributed by atoms with Crippen molar-refractivity contribution in [1.82, 2.24) is 14.9 Å². The molecule has 3 rings (SSSR count). The van der Waals surface area contributed by atoms with E-state index < -0.39 is 11.7 Å². The molecule has 0 unspecified atom stereocenters. The third-order valence-electron chi connectivity index (χ3n) is 4.42. The fourth-order valence-electron chi connectivity index (χ4n) is 2.98. The summed E-state index contributed by atoms with van der Waals surface area (Å²) in [5.41, 5.74) is 5.68. The fraction of sp³-hybridized carbons (Fsp3) is 0.444. The van der Waals surface area contributed by atoms with Crippen LogP contribution in [0.2, 0.25) is 0 Å². The number of benzene rings is 1. The molecule has 2 N–H and O–H groups in total. The van der Waals surface area contributed by atoms with Crippen molar-refractivity contribution in [3.63, 3.8) is 0 Å². The molecular weight excluding hydrogens is 375 g/mol. The van der Waals surface area contributed by atoms with Gasteiger partial charge in [0, 0.05) is 43.8 Å². The van der Waals surface area contributed by atoms with Gasteiger partial charge in [0.2, 0.25) is 0 Å². The Hall–Kier alpha value is -2.00. The SMILES string of the molecule is Nc1ccnc(SCCCN2CCN(c3cccc(C(F)(F)F)c3)CC2)n1. The molecule has 1 aromatic heterocycles. The second kappa shape index (κ2) is 8.79. The Morgan fingerprint density at radius 1 is 1.11 bits per heavy atom. The number of rotatable bonds is 6. The highest BCUT2D eigenvalue weighted by Crippen LogP contribution is 2.31. The van der Waals surface area contributed by atoms with Gasteiger partial charge in [0.1, 0.15) is 5.82 Å². The molecule has 1 aromatic carbocycles. The monoisotopic (exact) mass is 397 g/mol. The number of nitrogen functional groups attached to an aromatic ring is 1. The van der Waals surface area contributed by atoms with Crippen molar-refractivity contribution in [1.29, 1.82) is 0 Å². The van der Waals surface area contributed by atoms with E-state index in [9.17, 15) is 13.2 Å². The summed E-state index contributed by atoms with van der Waals surface area (Å²) < 4.78 is 38.6. The Balaban J connectivity index is 1.41. The molecule has 0 radical (unpaired) electrons. The third kappa shape index (κ3) is 5.74. The predicted molar refractivity (Wildman–Crippen MR) is 102 cm³/mol. The molecule has 0 bridgehead atoms. The number of thioether (sulfide) groups is 1. The van der Waals surface area contributed by atoms with Gasteiger partial charge in [-0.15, -0.1) is 0 Å². The van der Waals surface area contributed by atoms with E-state index in [1.54, 1.807) is 30.1 Å². The van der Waals surface area contributed by atoms with Crippen LogP contribution in [0.3, 0.4) is 0 Å². The van der Waals surface area contributed by atoms with E-state index in [2.05, 4.69) is 14.9 Å². The molecule has 1 saturated heterocycles. The van der Waals surface area contributed by atoms with Crippen LogP contribution >= 0.6 is 11.8 Å². The maximum atomic E-state index is 12.9. The molecule has 1 aliphatic rings. The van der Waals surface area contributed by atoms with Crippen molar-refractivity contribution in [2.75, 3.05) is 49.1 Å². The second-order valence-corrected chi connectivity index (χ2v) is 7.40. The van der Waals surface area contributed by atoms with Gasteiger partial charge in [0.25, 0.3) is 0 Å². The maximum absolute atomic E-state index is 12.9. The Labute approximate surface area is 160 Å². The molecule has 146 valence electrons. The fourth-order valence-corrected chi connectivity index (χ4v) is 3.75. The maximum Gasteiger partial charge on any atom is 0.416 e. The Morgan fingerprint density at radius 3 is 2.59 bits per heavy atom. The minimum atomic E-state index is -4.30. The highest BCUT2D eigenvalue weighted by molar-refractivity contribution is 7.99. The minimum Gasteiger partial charge on any atom is -0.384 e. The van der Waals surface area contributed by atoms with Gasteiger partial charge >= 0.3 is 6.18 Å². The zero-order valence-corrected chi connectivity index (χ0v) is 15.6. The first-order valence-electron chi connectivity index (χ1n) is 8.78. The van der Waals surface area contributed by atoms with E-state index in [0.29, 0.717) is 16.7 Å². The first kappa shape index (κ1) is 19.8. The van der Waals surface area contributed by atoms with Gasteiger partial charge in [-0.1, -0.05) is 17.8 Å². The quantitative estimate of drug-likeness (QED) is 0.458. The predicted octanol–water partition coefficient (Wildman–Crippen LogP) is 3.38. The molecule has 0 aliphatic carbocycles. The molecule has 9 heteroatoms. The largest absolute Gasteiger partial charge is 0.416 e. The molecule has 0 spiro atoms. The van der Waals surface area contributed by atoms with Gasteiger partial charge < -0.3 is 10.6 Å². The molecule has 5 nitrogen and oxygen atoms in total. The van der Waals surface area contributed by atoms with E-state index >= 15 is 0 Å². The number of halogens is 3. The van der Waals surface area contributed by atoms with Crippen molar-refractivity contribution in [2.24, 2.45) is 0 Å². The molecule has 1 aliphatic heterocycles. The van der Waals surface area contributed by atoms with Crippen LogP contribution in [0.15, 0.2) is 41.7 Å². The zero-order valence-electron chi connectivity index (χ0n) is 14.8. The summed E-state index contributed by atoms with van der Waals surface area (Å²) in [5, 5.41) is 0.685. The highest BCUT2D eigenvalue weighted by atomic mass is 32.2. The number of nitrogens with zero attached hydrogens (tertiary/aromatic N) is 4. The summed E-state index contributed by atoms with van der Waals surface area (Å²) >= 11 is 1.58. The number of hydrogen-bond donors (Lipinski definition) is 1. The standard InChI is InChI=1S/C18H22F3N5S/c19-18(20,21)14-3-1-4-15(13-14)26-10-8-25(9-11-26)7-2-12-27-17-23-6-5-16(22)24-17/h1,3-6,13H,2,7-12H2,(H2,22,23,24). The van der Waals surface area contributed by atoms with Crippen LogP contribution < -0.4 is 10.6 Å². The average Bonchev–Trinajstić information content (AvgIpc) is 2.65. The molecule has 27 heavy (non-hydrogen) atoms. The summed E-state index contributed by atoms with van der Waals surface area (Å²) in [7, 11) is 0. The van der Waals surface area contributed by atoms with E-state index in [1.807, 2.05) is 4.90 Å². The smallest absolute Gasteiger partial charge is 0.384 e. The number of hydrogen-bond acceptors (Lipinski definition) is 6. The Kier molecular flexibility index (Phi) is 6.43. The van der Waals surface area contributed by atoms with Gasteiger partial charge in [0.15, 0.2) is 5.16 Å². The number of nitrogens with two attached hydrogens (primary N) is 1. The lowest BCUT2D eigenvalue weighted by Gasteiger charge is -2.36. The summed E-state index contributed by atoms with van der Waals surface area (Å²) in [6.07, 6.45) is -1.66. The summed E-state index contributed by atoms with van der Waals surface area (Å²) in [6, 6.07) is 7.22. The normalized spacial score (nSPS) is 15.9.